The maximum atomic E-state index is 12.9. The number of hydrogen-bond acceptors (Lipinski definition) is 5. The number of anilines is 1. The molecule has 1 aromatic heterocycles. The van der Waals surface area contributed by atoms with Gasteiger partial charge in [0.25, 0.3) is 5.56 Å². The van der Waals surface area contributed by atoms with Gasteiger partial charge in [-0.1, -0.05) is 17.7 Å². The summed E-state index contributed by atoms with van der Waals surface area (Å²) in [5.41, 5.74) is 0.732. The monoisotopic (exact) mass is 423 g/mol. The number of carbonyl (C=O) groups excluding carboxylic acids is 1. The molecule has 7 nitrogen and oxygen atoms in total. The summed E-state index contributed by atoms with van der Waals surface area (Å²) in [5.74, 6) is 0.556. The number of H-pyrrole nitrogens is 1. The highest BCUT2D eigenvalue weighted by Crippen LogP contribution is 2.43. The van der Waals surface area contributed by atoms with Gasteiger partial charge in [-0.15, -0.1) is 11.8 Å². The molecule has 28 heavy (non-hydrogen) atoms. The van der Waals surface area contributed by atoms with Crippen LogP contribution in [0.2, 0.25) is 5.02 Å². The van der Waals surface area contributed by atoms with E-state index >= 15 is 0 Å². The first kappa shape index (κ1) is 19.4. The highest BCUT2D eigenvalue weighted by molar-refractivity contribution is 8.00. The second-order valence-electron chi connectivity index (χ2n) is 7.78. The van der Waals surface area contributed by atoms with Crippen LogP contribution in [0.4, 0.5) is 5.82 Å². The summed E-state index contributed by atoms with van der Waals surface area (Å²) in [6.45, 7) is 4.64. The van der Waals surface area contributed by atoms with Crippen LogP contribution in [0.1, 0.15) is 49.1 Å². The number of ether oxygens (including phenoxy) is 1. The predicted octanol–water partition coefficient (Wildman–Crippen LogP) is 3.44. The van der Waals surface area contributed by atoms with Crippen LogP contribution >= 0.6 is 23.4 Å². The number of halogens is 1. The van der Waals surface area contributed by atoms with E-state index in [1.807, 2.05) is 13.8 Å². The van der Waals surface area contributed by atoms with E-state index < -0.39 is 0 Å². The van der Waals surface area contributed by atoms with E-state index in [2.05, 4.69) is 10.4 Å². The van der Waals surface area contributed by atoms with E-state index in [9.17, 15) is 14.7 Å². The zero-order chi connectivity index (χ0) is 20.1. The fourth-order valence-corrected chi connectivity index (χ4v) is 5.19. The molecule has 1 fully saturated rings. The molecular formula is C19H22ClN3O4S. The number of thioether (sulfide) groups is 1. The normalized spacial score (nSPS) is 24.3. The summed E-state index contributed by atoms with van der Waals surface area (Å²) in [5, 5.41) is 15.4. The van der Waals surface area contributed by atoms with Crippen LogP contribution < -0.4 is 10.9 Å². The molecule has 0 spiro atoms. The lowest BCUT2D eigenvalue weighted by atomic mass is 9.94. The Kier molecular flexibility index (Phi) is 4.97. The van der Waals surface area contributed by atoms with E-state index in [4.69, 9.17) is 16.3 Å². The number of phenolic OH excluding ortho intramolecular Hbond substituents is 1. The number of fused-ring (bicyclic) bond motifs is 1. The molecule has 2 aliphatic rings. The van der Waals surface area contributed by atoms with Crippen molar-refractivity contribution in [3.8, 4) is 5.75 Å². The Morgan fingerprint density at radius 3 is 2.86 bits per heavy atom. The van der Waals surface area contributed by atoms with Gasteiger partial charge in [0.05, 0.1) is 33.2 Å². The molecule has 1 aromatic carbocycles. The number of amides is 1. The van der Waals surface area contributed by atoms with Gasteiger partial charge in [-0.2, -0.15) is 0 Å². The summed E-state index contributed by atoms with van der Waals surface area (Å²) < 4.78 is 7.59. The largest absolute Gasteiger partial charge is 0.506 e. The van der Waals surface area contributed by atoms with Gasteiger partial charge in [-0.3, -0.25) is 19.4 Å². The van der Waals surface area contributed by atoms with E-state index in [1.165, 1.54) is 17.8 Å². The Morgan fingerprint density at radius 1 is 1.36 bits per heavy atom. The van der Waals surface area contributed by atoms with Crippen LogP contribution in [0, 0.1) is 0 Å². The quantitative estimate of drug-likeness (QED) is 0.687. The van der Waals surface area contributed by atoms with Crippen LogP contribution in [0.15, 0.2) is 23.0 Å². The number of aromatic nitrogens is 2. The van der Waals surface area contributed by atoms with Gasteiger partial charge in [0.1, 0.15) is 11.6 Å². The highest BCUT2D eigenvalue weighted by Gasteiger charge is 2.36. The third kappa shape index (κ3) is 3.56. The summed E-state index contributed by atoms with van der Waals surface area (Å²) in [6, 6.07) is 4.90. The third-order valence-electron chi connectivity index (χ3n) is 5.17. The molecule has 0 bridgehead atoms. The van der Waals surface area contributed by atoms with Crippen molar-refractivity contribution < 1.29 is 14.6 Å². The number of aromatic amines is 1. The van der Waals surface area contributed by atoms with Gasteiger partial charge >= 0.3 is 0 Å². The molecule has 0 aliphatic carbocycles. The zero-order valence-corrected chi connectivity index (χ0v) is 17.2. The molecule has 0 radical (unpaired) electrons. The zero-order valence-electron chi connectivity index (χ0n) is 15.6. The van der Waals surface area contributed by atoms with Gasteiger partial charge in [-0.05, 0) is 44.4 Å². The molecule has 2 aromatic rings. The van der Waals surface area contributed by atoms with Crippen LogP contribution in [0.3, 0.4) is 0 Å². The molecule has 1 amide bonds. The molecular weight excluding hydrogens is 402 g/mol. The van der Waals surface area contributed by atoms with Gasteiger partial charge in [0, 0.05) is 6.61 Å². The fourth-order valence-electron chi connectivity index (χ4n) is 3.89. The first-order valence-electron chi connectivity index (χ1n) is 9.13. The van der Waals surface area contributed by atoms with Crippen molar-refractivity contribution in [2.75, 3.05) is 17.7 Å². The first-order chi connectivity index (χ1) is 13.2. The summed E-state index contributed by atoms with van der Waals surface area (Å²) in [6.07, 6.45) is 1.47. The van der Waals surface area contributed by atoms with Crippen LogP contribution in [-0.2, 0) is 9.53 Å². The molecule has 2 atom stereocenters. The number of carbonyl (C=O) groups is 1. The number of rotatable bonds is 2. The number of nitrogens with zero attached hydrogens (tertiary/aromatic N) is 1. The van der Waals surface area contributed by atoms with E-state index in [1.54, 1.807) is 16.8 Å². The molecule has 1 saturated heterocycles. The second-order valence-corrected chi connectivity index (χ2v) is 9.28. The number of aromatic hydroxyl groups is 1. The summed E-state index contributed by atoms with van der Waals surface area (Å²) in [4.78, 5) is 25.3. The van der Waals surface area contributed by atoms with Crippen molar-refractivity contribution in [2.24, 2.45) is 0 Å². The van der Waals surface area contributed by atoms with E-state index in [0.29, 0.717) is 18.0 Å². The minimum atomic E-state index is -0.370. The molecule has 0 unspecified atom stereocenters. The fraction of sp³-hybridized carbons (Fsp3) is 0.474. The summed E-state index contributed by atoms with van der Waals surface area (Å²) >= 11 is 7.45. The number of benzene rings is 1. The van der Waals surface area contributed by atoms with Gasteiger partial charge < -0.3 is 15.2 Å². The predicted molar refractivity (Wildman–Crippen MR) is 109 cm³/mol. The average Bonchev–Trinajstić information content (AvgIpc) is 2.83. The molecule has 4 rings (SSSR count). The molecule has 2 aliphatic heterocycles. The Labute approximate surface area is 171 Å². The number of nitrogens with one attached hydrogen (secondary N) is 2. The van der Waals surface area contributed by atoms with Crippen molar-refractivity contribution in [2.45, 2.75) is 43.6 Å². The van der Waals surface area contributed by atoms with Crippen LogP contribution in [0.25, 0.3) is 0 Å². The molecule has 0 saturated carbocycles. The third-order valence-corrected chi connectivity index (χ3v) is 6.75. The lowest BCUT2D eigenvalue weighted by Gasteiger charge is -2.36. The number of hydrogen-bond donors (Lipinski definition) is 3. The minimum Gasteiger partial charge on any atom is -0.506 e. The molecule has 3 heterocycles. The Balaban J connectivity index is 1.81. The van der Waals surface area contributed by atoms with Gasteiger partial charge in [0.2, 0.25) is 5.91 Å². The van der Waals surface area contributed by atoms with Crippen molar-refractivity contribution in [3.05, 3.63) is 44.7 Å². The maximum Gasteiger partial charge on any atom is 0.270 e. The van der Waals surface area contributed by atoms with Crippen molar-refractivity contribution in [1.82, 2.24) is 9.78 Å². The van der Waals surface area contributed by atoms with Crippen molar-refractivity contribution in [3.63, 3.8) is 0 Å². The summed E-state index contributed by atoms with van der Waals surface area (Å²) in [7, 11) is 0. The lowest BCUT2D eigenvalue weighted by Crippen LogP contribution is -2.36. The van der Waals surface area contributed by atoms with Crippen molar-refractivity contribution in [1.29, 1.82) is 0 Å². The lowest BCUT2D eigenvalue weighted by molar-refractivity contribution is -0.113. The van der Waals surface area contributed by atoms with E-state index in [-0.39, 0.29) is 44.9 Å². The standard InChI is InChI=1S/C19H22ClN3O4S/c1-19(2)8-11(5-6-27-19)23-17-15(18(26)22-23)16(28-9-14(25)21-17)10-3-4-13(24)12(20)7-10/h3-4,7,11,16,24H,5-6,8-9H2,1-2H3,(H,21,25)(H,22,26)/t11-,16+/m1/s1. The van der Waals surface area contributed by atoms with Crippen LogP contribution in [0.5, 0.6) is 5.75 Å². The Morgan fingerprint density at radius 2 is 2.14 bits per heavy atom. The maximum absolute atomic E-state index is 12.9. The second kappa shape index (κ2) is 7.17. The average molecular weight is 424 g/mol. The topological polar surface area (TPSA) is 96.4 Å². The Bertz CT molecular complexity index is 984. The SMILES string of the molecule is CC1(C)C[C@H](n2[nH]c(=O)c3c2NC(=O)CS[C@H]3c2ccc(O)c(Cl)c2)CCO1. The van der Waals surface area contributed by atoms with Gasteiger partial charge in [-0.25, -0.2) is 0 Å². The highest BCUT2D eigenvalue weighted by atomic mass is 35.5. The number of phenols is 1. The minimum absolute atomic E-state index is 0.0191. The van der Waals surface area contributed by atoms with E-state index in [0.717, 1.165) is 18.4 Å². The van der Waals surface area contributed by atoms with Crippen LogP contribution in [-0.4, -0.2) is 38.8 Å². The molecule has 3 N–H and O–H groups in total. The van der Waals surface area contributed by atoms with Gasteiger partial charge in [0.15, 0.2) is 0 Å². The molecule has 9 heteroatoms. The smallest absolute Gasteiger partial charge is 0.270 e. The first-order valence-corrected chi connectivity index (χ1v) is 10.6. The molecule has 150 valence electrons. The Hall–Kier alpha value is -1.90. The van der Waals surface area contributed by atoms with Crippen molar-refractivity contribution >= 4 is 35.1 Å².